The van der Waals surface area contributed by atoms with E-state index in [1.54, 1.807) is 29.3 Å². The maximum absolute atomic E-state index is 13.0. The van der Waals surface area contributed by atoms with Gasteiger partial charge in [-0.05, 0) is 54.6 Å². The second-order valence-electron chi connectivity index (χ2n) is 8.83. The van der Waals surface area contributed by atoms with Crippen LogP contribution in [0.25, 0.3) is 22.3 Å². The maximum Gasteiger partial charge on any atom is 0.255 e. The zero-order valence-electron chi connectivity index (χ0n) is 20.5. The van der Waals surface area contributed by atoms with Crippen molar-refractivity contribution in [2.24, 2.45) is 0 Å². The average Bonchev–Trinajstić information content (AvgIpc) is 2.94. The minimum Gasteiger partial charge on any atom is -0.340 e. The summed E-state index contributed by atoms with van der Waals surface area (Å²) >= 11 is 6.42. The number of hydrogen-bond donors (Lipinski definition) is 1. The highest BCUT2D eigenvalue weighted by Gasteiger charge is 2.29. The number of nitrogens with zero attached hydrogens (tertiary/aromatic N) is 4. The third-order valence-electron chi connectivity index (χ3n) is 6.39. The van der Waals surface area contributed by atoms with E-state index in [-0.39, 0.29) is 23.9 Å². The van der Waals surface area contributed by atoms with Crippen LogP contribution in [0, 0.1) is 0 Å². The Morgan fingerprint density at radius 3 is 2.29 bits per heavy atom. The molecule has 0 bridgehead atoms. The first-order valence-electron chi connectivity index (χ1n) is 11.9. The number of carbonyl (C=O) groups excluding carboxylic acids is 2. The lowest BCUT2D eigenvalue weighted by atomic mass is 10.1. The largest absolute Gasteiger partial charge is 0.340 e. The molecule has 1 aliphatic rings. The molecule has 4 aromatic rings. The SMILES string of the molecule is CC(=O)N1CCN(S(=O)(=O)c2ccc(C(=O)Nc3ccc(Cl)c(-c4cnc5ccccc5n4)c3)cc2)CC1. The number of aromatic nitrogens is 2. The Kier molecular flexibility index (Phi) is 7.11. The van der Waals surface area contributed by atoms with Crippen molar-refractivity contribution in [2.45, 2.75) is 11.8 Å². The fraction of sp³-hybridized carbons (Fsp3) is 0.185. The Labute approximate surface area is 225 Å². The van der Waals surface area contributed by atoms with E-state index in [0.29, 0.717) is 40.6 Å². The molecule has 2 amide bonds. The van der Waals surface area contributed by atoms with Gasteiger partial charge in [-0.15, -0.1) is 0 Å². The molecule has 0 saturated carbocycles. The number of halogens is 1. The first kappa shape index (κ1) is 25.8. The number of sulfonamides is 1. The molecule has 38 heavy (non-hydrogen) atoms. The molecule has 0 unspecified atom stereocenters. The van der Waals surface area contributed by atoms with Crippen LogP contribution in [0.2, 0.25) is 5.02 Å². The standard InChI is InChI=1S/C27H24ClN5O4S/c1-18(34)32-12-14-33(15-13-32)38(36,37)21-9-6-19(7-10-21)27(35)30-20-8-11-23(28)22(16-20)26-17-29-24-4-2-3-5-25(24)31-26/h2-11,16-17H,12-15H2,1H3,(H,30,35). The quantitative estimate of drug-likeness (QED) is 0.402. The predicted octanol–water partition coefficient (Wildman–Crippen LogP) is 4.06. The minimum absolute atomic E-state index is 0.0737. The number of fused-ring (bicyclic) bond motifs is 1. The van der Waals surface area contributed by atoms with Gasteiger partial charge < -0.3 is 10.2 Å². The Hall–Kier alpha value is -3.86. The fourth-order valence-electron chi connectivity index (χ4n) is 4.26. The molecule has 1 aliphatic heterocycles. The second-order valence-corrected chi connectivity index (χ2v) is 11.2. The molecule has 0 aliphatic carbocycles. The molecule has 1 aromatic heterocycles. The molecular formula is C27H24ClN5O4S. The number of rotatable bonds is 5. The molecule has 1 N–H and O–H groups in total. The van der Waals surface area contributed by atoms with Gasteiger partial charge in [-0.25, -0.2) is 13.4 Å². The normalized spacial score (nSPS) is 14.4. The van der Waals surface area contributed by atoms with Gasteiger partial charge >= 0.3 is 0 Å². The van der Waals surface area contributed by atoms with Crippen LogP contribution in [0.15, 0.2) is 77.8 Å². The molecule has 9 nitrogen and oxygen atoms in total. The van der Waals surface area contributed by atoms with Crippen LogP contribution >= 0.6 is 11.6 Å². The van der Waals surface area contributed by atoms with Gasteiger partial charge in [-0.3, -0.25) is 14.6 Å². The highest BCUT2D eigenvalue weighted by molar-refractivity contribution is 7.89. The van der Waals surface area contributed by atoms with Crippen LogP contribution in [0.3, 0.4) is 0 Å². The number of nitrogens with one attached hydrogen (secondary N) is 1. The summed E-state index contributed by atoms with van der Waals surface area (Å²) in [5.41, 5.74) is 3.49. The Morgan fingerprint density at radius 2 is 1.61 bits per heavy atom. The first-order valence-corrected chi connectivity index (χ1v) is 13.7. The maximum atomic E-state index is 13.0. The summed E-state index contributed by atoms with van der Waals surface area (Å²) in [6.45, 7) is 2.62. The zero-order chi connectivity index (χ0) is 26.9. The number of anilines is 1. The number of benzene rings is 3. The van der Waals surface area contributed by atoms with Gasteiger partial charge in [-0.1, -0.05) is 23.7 Å². The summed E-state index contributed by atoms with van der Waals surface area (Å²) in [6, 6.07) is 18.3. The van der Waals surface area contributed by atoms with Gasteiger partial charge in [0.05, 0.1) is 32.8 Å². The smallest absolute Gasteiger partial charge is 0.255 e. The summed E-state index contributed by atoms with van der Waals surface area (Å²) in [5.74, 6) is -0.475. The number of hydrogen-bond acceptors (Lipinski definition) is 6. The molecule has 1 saturated heterocycles. The molecule has 2 heterocycles. The summed E-state index contributed by atoms with van der Waals surface area (Å²) in [6.07, 6.45) is 1.63. The van der Waals surface area contributed by atoms with Crippen LogP contribution in [0.5, 0.6) is 0 Å². The third kappa shape index (κ3) is 5.24. The van der Waals surface area contributed by atoms with E-state index in [1.165, 1.54) is 35.5 Å². The van der Waals surface area contributed by atoms with Gasteiger partial charge in [-0.2, -0.15) is 4.31 Å². The zero-order valence-corrected chi connectivity index (χ0v) is 22.0. The summed E-state index contributed by atoms with van der Waals surface area (Å²) in [5, 5.41) is 3.29. The van der Waals surface area contributed by atoms with Gasteiger partial charge in [0.25, 0.3) is 5.91 Å². The van der Waals surface area contributed by atoms with Crippen LogP contribution in [0.1, 0.15) is 17.3 Å². The molecule has 5 rings (SSSR count). The van der Waals surface area contributed by atoms with E-state index < -0.39 is 15.9 Å². The van der Waals surface area contributed by atoms with Gasteiger partial charge in [0.2, 0.25) is 15.9 Å². The van der Waals surface area contributed by atoms with Crippen molar-refractivity contribution in [1.82, 2.24) is 19.2 Å². The van der Waals surface area contributed by atoms with Crippen molar-refractivity contribution in [3.05, 3.63) is 83.5 Å². The van der Waals surface area contributed by atoms with Gasteiger partial charge in [0.1, 0.15) is 0 Å². The molecular weight excluding hydrogens is 526 g/mol. The fourth-order valence-corrected chi connectivity index (χ4v) is 5.90. The van der Waals surface area contributed by atoms with Gasteiger partial charge in [0, 0.05) is 49.9 Å². The number of amides is 2. The second kappa shape index (κ2) is 10.5. The average molecular weight is 550 g/mol. The van der Waals surface area contributed by atoms with E-state index in [2.05, 4.69) is 15.3 Å². The van der Waals surface area contributed by atoms with Crippen LogP contribution in [-0.2, 0) is 14.8 Å². The van der Waals surface area contributed by atoms with Crippen molar-refractivity contribution < 1.29 is 18.0 Å². The minimum atomic E-state index is -3.73. The van der Waals surface area contributed by atoms with E-state index in [9.17, 15) is 18.0 Å². The van der Waals surface area contributed by atoms with E-state index in [1.807, 2.05) is 24.3 Å². The topological polar surface area (TPSA) is 113 Å². The van der Waals surface area contributed by atoms with Crippen molar-refractivity contribution in [3.63, 3.8) is 0 Å². The van der Waals surface area contributed by atoms with Crippen LogP contribution in [-0.4, -0.2) is 65.6 Å². The number of para-hydroxylation sites is 2. The Morgan fingerprint density at radius 1 is 0.921 bits per heavy atom. The molecule has 194 valence electrons. The number of carbonyl (C=O) groups is 2. The predicted molar refractivity (Wildman–Crippen MR) is 145 cm³/mol. The third-order valence-corrected chi connectivity index (χ3v) is 8.63. The highest BCUT2D eigenvalue weighted by atomic mass is 35.5. The summed E-state index contributed by atoms with van der Waals surface area (Å²) < 4.78 is 27.4. The monoisotopic (exact) mass is 549 g/mol. The molecule has 1 fully saturated rings. The lowest BCUT2D eigenvalue weighted by molar-refractivity contribution is -0.129. The van der Waals surface area contributed by atoms with Crippen LogP contribution in [0.4, 0.5) is 5.69 Å². The van der Waals surface area contributed by atoms with E-state index >= 15 is 0 Å². The first-order chi connectivity index (χ1) is 18.2. The van der Waals surface area contributed by atoms with Crippen molar-refractivity contribution in [2.75, 3.05) is 31.5 Å². The van der Waals surface area contributed by atoms with E-state index in [0.717, 1.165) is 11.0 Å². The molecule has 11 heteroatoms. The lowest BCUT2D eigenvalue weighted by Gasteiger charge is -2.33. The highest BCUT2D eigenvalue weighted by Crippen LogP contribution is 2.30. The van der Waals surface area contributed by atoms with Crippen molar-refractivity contribution >= 4 is 50.2 Å². The van der Waals surface area contributed by atoms with Gasteiger partial charge in [0.15, 0.2) is 0 Å². The Bertz CT molecular complexity index is 1640. The van der Waals surface area contributed by atoms with Crippen molar-refractivity contribution in [1.29, 1.82) is 0 Å². The lowest BCUT2D eigenvalue weighted by Crippen LogP contribution is -2.49. The number of piperazine rings is 1. The van der Waals surface area contributed by atoms with Crippen molar-refractivity contribution in [3.8, 4) is 11.3 Å². The molecule has 0 atom stereocenters. The molecule has 0 radical (unpaired) electrons. The van der Waals surface area contributed by atoms with Crippen LogP contribution < -0.4 is 5.32 Å². The summed E-state index contributed by atoms with van der Waals surface area (Å²) in [7, 11) is -3.73. The Balaban J connectivity index is 1.31. The molecule has 0 spiro atoms. The van der Waals surface area contributed by atoms with E-state index in [4.69, 9.17) is 11.6 Å². The summed E-state index contributed by atoms with van der Waals surface area (Å²) in [4.78, 5) is 35.2. The molecule has 3 aromatic carbocycles.